The van der Waals surface area contributed by atoms with Crippen LogP contribution in [0.5, 0.6) is 5.75 Å². The molecule has 0 saturated carbocycles. The second kappa shape index (κ2) is 28.6. The van der Waals surface area contributed by atoms with Gasteiger partial charge in [-0.15, -0.1) is 0 Å². The normalized spacial score (nSPS) is 15.9. The van der Waals surface area contributed by atoms with Crippen molar-refractivity contribution >= 4 is 86.8 Å². The Morgan fingerprint density at radius 3 is 1.82 bits per heavy atom. The van der Waals surface area contributed by atoms with Crippen molar-refractivity contribution in [1.82, 2.24) is 52.1 Å². The Morgan fingerprint density at radius 2 is 1.25 bits per heavy atom. The third kappa shape index (κ3) is 16.6. The van der Waals surface area contributed by atoms with Crippen LogP contribution in [0.2, 0.25) is 0 Å². The van der Waals surface area contributed by atoms with Crippen LogP contribution in [0.4, 0.5) is 0 Å². The minimum Gasteiger partial charge on any atom is -0.508 e. The van der Waals surface area contributed by atoms with Crippen LogP contribution in [0, 0.1) is 11.8 Å². The van der Waals surface area contributed by atoms with E-state index in [1.165, 1.54) is 28.8 Å². The molecule has 22 nitrogen and oxygen atoms in total. The lowest BCUT2D eigenvalue weighted by atomic mass is 9.97. The third-order valence-corrected chi connectivity index (χ3v) is 14.9. The van der Waals surface area contributed by atoms with E-state index in [0.717, 1.165) is 21.8 Å². The number of nitrogens with two attached hydrogens (primary N) is 1. The Kier molecular flexibility index (Phi) is 21.9. The van der Waals surface area contributed by atoms with Gasteiger partial charge in [0.15, 0.2) is 0 Å². The molecule has 0 spiro atoms. The number of carboxylic acid groups (broad SMARTS) is 1. The van der Waals surface area contributed by atoms with Crippen molar-refractivity contribution < 1.29 is 53.4 Å². The number of thioether (sulfide) groups is 1. The van der Waals surface area contributed by atoms with Gasteiger partial charge in [0.2, 0.25) is 47.3 Å². The van der Waals surface area contributed by atoms with Crippen molar-refractivity contribution in [1.29, 1.82) is 0 Å². The zero-order chi connectivity index (χ0) is 57.3. The van der Waals surface area contributed by atoms with Gasteiger partial charge in [0, 0.05) is 60.0 Å². The lowest BCUT2D eigenvalue weighted by molar-refractivity contribution is -0.142. The van der Waals surface area contributed by atoms with Gasteiger partial charge in [-0.2, -0.15) is 11.8 Å². The number of fused-ring (bicyclic) bond motifs is 2. The molecule has 424 valence electrons. The van der Waals surface area contributed by atoms with E-state index in [1.807, 2.05) is 68.6 Å². The van der Waals surface area contributed by atoms with Gasteiger partial charge in [-0.3, -0.25) is 38.4 Å². The summed E-state index contributed by atoms with van der Waals surface area (Å²) in [5.74, 6) is -6.79. The number of nitrogens with zero attached hydrogens (tertiary/aromatic N) is 1. The SMILES string of the molecule is CC[C@H](C)[C@H](N)C(=O)N[C@H](C(=O)NCC(=O)NCC(=O)N[C@@H](Cc1ccc(O)cc1)C(=O)N1CCC[C@H]1C(=O)N[C@@H](Cc1c[nH]c2ccccc12)C(=O)N[C@@H](Cc1c[nH]c2ccccc12)C(=O)N[C@@H](CCSC)C(=O)O)C(C)C. The number of H-pyrrole nitrogens is 2. The number of para-hydroxylation sites is 2. The van der Waals surface area contributed by atoms with E-state index in [-0.39, 0.29) is 56.2 Å². The number of likely N-dealkylation sites (tertiary alicyclic amines) is 1. The fourth-order valence-electron chi connectivity index (χ4n) is 9.40. The number of benzene rings is 3. The topological polar surface area (TPSA) is 339 Å². The summed E-state index contributed by atoms with van der Waals surface area (Å²) >= 11 is 1.42. The first-order valence-electron chi connectivity index (χ1n) is 26.5. The number of nitrogens with one attached hydrogen (secondary N) is 9. The van der Waals surface area contributed by atoms with E-state index >= 15 is 0 Å². The van der Waals surface area contributed by atoms with Crippen molar-refractivity contribution in [3.8, 4) is 5.75 Å². The summed E-state index contributed by atoms with van der Waals surface area (Å²) in [7, 11) is 0. The van der Waals surface area contributed by atoms with Gasteiger partial charge in [0.25, 0.3) is 0 Å². The van der Waals surface area contributed by atoms with Gasteiger partial charge in [0.05, 0.1) is 19.1 Å². The molecule has 0 bridgehead atoms. The maximum atomic E-state index is 14.8. The van der Waals surface area contributed by atoms with Crippen LogP contribution in [-0.2, 0) is 62.4 Å². The van der Waals surface area contributed by atoms with Gasteiger partial charge in [-0.05, 0) is 84.1 Å². The highest BCUT2D eigenvalue weighted by Crippen LogP contribution is 2.24. The number of rotatable bonds is 28. The highest BCUT2D eigenvalue weighted by Gasteiger charge is 2.40. The number of carbonyl (C=O) groups is 9. The maximum absolute atomic E-state index is 14.8. The Labute approximate surface area is 462 Å². The number of carbonyl (C=O) groups excluding carboxylic acids is 8. The second-order valence-electron chi connectivity index (χ2n) is 20.2. The molecular formula is C56H73N11O11S. The number of amides is 8. The molecule has 8 atom stereocenters. The van der Waals surface area contributed by atoms with Crippen LogP contribution >= 0.6 is 11.8 Å². The lowest BCUT2D eigenvalue weighted by Gasteiger charge is -2.30. The minimum absolute atomic E-state index is 0.0368. The molecule has 23 heteroatoms. The molecular weight excluding hydrogens is 1030 g/mol. The third-order valence-electron chi connectivity index (χ3n) is 14.2. The second-order valence-corrected chi connectivity index (χ2v) is 21.2. The zero-order valence-corrected chi connectivity index (χ0v) is 45.9. The monoisotopic (exact) mass is 1110 g/mol. The predicted molar refractivity (Wildman–Crippen MR) is 299 cm³/mol. The van der Waals surface area contributed by atoms with Crippen LogP contribution in [0.15, 0.2) is 85.2 Å². The highest BCUT2D eigenvalue weighted by molar-refractivity contribution is 7.98. The number of aromatic nitrogens is 2. The van der Waals surface area contributed by atoms with E-state index < -0.39 is 109 Å². The Balaban J connectivity index is 1.19. The molecule has 6 rings (SSSR count). The Morgan fingerprint density at radius 1 is 0.684 bits per heavy atom. The first-order valence-corrected chi connectivity index (χ1v) is 27.9. The van der Waals surface area contributed by atoms with Crippen molar-refractivity contribution in [2.45, 2.75) is 115 Å². The quantitative estimate of drug-likeness (QED) is 0.0341. The molecule has 1 saturated heterocycles. The van der Waals surface area contributed by atoms with Crippen LogP contribution in [-0.4, -0.2) is 152 Å². The summed E-state index contributed by atoms with van der Waals surface area (Å²) in [6.45, 7) is 6.12. The summed E-state index contributed by atoms with van der Waals surface area (Å²) in [6, 6.07) is 12.6. The Bertz CT molecular complexity index is 2960. The van der Waals surface area contributed by atoms with Crippen LogP contribution < -0.4 is 43.0 Å². The number of carboxylic acids is 1. The molecule has 5 aromatic rings. The number of phenolic OH excluding ortho intramolecular Hbond substituents is 1. The van der Waals surface area contributed by atoms with Gasteiger partial charge in [-0.25, -0.2) is 4.79 Å². The first-order chi connectivity index (χ1) is 37.8. The van der Waals surface area contributed by atoms with E-state index in [1.54, 1.807) is 38.4 Å². The molecule has 79 heavy (non-hydrogen) atoms. The average molecular weight is 1110 g/mol. The minimum atomic E-state index is -1.34. The smallest absolute Gasteiger partial charge is 0.326 e. The average Bonchev–Trinajstić information content (AvgIpc) is 4.27. The molecule has 3 aromatic carbocycles. The highest BCUT2D eigenvalue weighted by atomic mass is 32.2. The molecule has 1 aliphatic rings. The number of hydrogen-bond acceptors (Lipinski definition) is 12. The number of aliphatic carboxylic acids is 1. The van der Waals surface area contributed by atoms with E-state index in [0.29, 0.717) is 35.3 Å². The van der Waals surface area contributed by atoms with Crippen LogP contribution in [0.25, 0.3) is 21.8 Å². The van der Waals surface area contributed by atoms with E-state index in [2.05, 4.69) is 47.2 Å². The summed E-state index contributed by atoms with van der Waals surface area (Å²) in [4.78, 5) is 131. The molecule has 1 aliphatic heterocycles. The van der Waals surface area contributed by atoms with Gasteiger partial charge in [0.1, 0.15) is 42.0 Å². The Hall–Kier alpha value is -7.92. The van der Waals surface area contributed by atoms with E-state index in [4.69, 9.17) is 5.73 Å². The molecule has 1 fully saturated rings. The lowest BCUT2D eigenvalue weighted by Crippen LogP contribution is -2.59. The number of hydrogen-bond donors (Lipinski definition) is 12. The molecule has 0 radical (unpaired) electrons. The summed E-state index contributed by atoms with van der Waals surface area (Å²) in [6.07, 6.45) is 6.39. The van der Waals surface area contributed by atoms with Gasteiger partial charge >= 0.3 is 5.97 Å². The zero-order valence-electron chi connectivity index (χ0n) is 45.1. The van der Waals surface area contributed by atoms with Crippen molar-refractivity contribution in [3.05, 3.63) is 102 Å². The molecule has 0 aliphatic carbocycles. The van der Waals surface area contributed by atoms with Crippen molar-refractivity contribution in [2.75, 3.05) is 31.6 Å². The number of phenols is 1. The van der Waals surface area contributed by atoms with Crippen molar-refractivity contribution in [2.24, 2.45) is 17.6 Å². The molecule has 2 aromatic heterocycles. The van der Waals surface area contributed by atoms with Gasteiger partial charge < -0.3 is 68.0 Å². The van der Waals surface area contributed by atoms with E-state index in [9.17, 15) is 53.4 Å². The largest absolute Gasteiger partial charge is 0.508 e. The summed E-state index contributed by atoms with van der Waals surface area (Å²) in [5.41, 5.74) is 9.49. The molecule has 3 heterocycles. The maximum Gasteiger partial charge on any atom is 0.326 e. The molecule has 13 N–H and O–H groups in total. The molecule has 0 unspecified atom stereocenters. The number of aromatic amines is 2. The summed E-state index contributed by atoms with van der Waals surface area (Å²) < 4.78 is 0. The first kappa shape index (κ1) is 60.3. The number of aromatic hydroxyl groups is 1. The van der Waals surface area contributed by atoms with Crippen molar-refractivity contribution in [3.63, 3.8) is 0 Å². The van der Waals surface area contributed by atoms with Crippen LogP contribution in [0.1, 0.15) is 70.1 Å². The molecule has 8 amide bonds. The predicted octanol–water partition coefficient (Wildman–Crippen LogP) is 1.90. The fourth-order valence-corrected chi connectivity index (χ4v) is 9.87. The fraction of sp³-hybridized carbons (Fsp3) is 0.446. The van der Waals surface area contributed by atoms with Crippen LogP contribution in [0.3, 0.4) is 0 Å². The standard InChI is InChI=1S/C56H73N11O11S/c1-6-32(4)48(57)53(74)66-49(31(2)3)54(75)61-29-46(69)60-30-47(70)62-44(24-33-17-19-36(68)20-18-33)55(76)67-22-11-16-45(67)52(73)65-43(26-35-28-59-40-15-10-8-13-38(35)40)51(72)64-42(50(71)63-41(56(77)78)21-23-79-5)25-34-27-58-39-14-9-7-12-37(34)39/h7-10,12-15,17-20,27-28,31-32,41-45,48-49,58-59,68H,6,11,16,21-26,29-30,57H2,1-5H3,(H,60,69)(H,61,75)(H,62,70)(H,63,71)(H,64,72)(H,65,73)(H,66,74)(H,77,78)/t32-,41-,42-,43-,44-,45-,48-,49-/m0/s1. The van der Waals surface area contributed by atoms with Gasteiger partial charge in [-0.1, -0.05) is 82.6 Å². The summed E-state index contributed by atoms with van der Waals surface area (Å²) in [5, 5.41) is 40.2.